The van der Waals surface area contributed by atoms with Crippen molar-refractivity contribution in [2.45, 2.75) is 6.61 Å². The Balaban J connectivity index is 1.16. The van der Waals surface area contributed by atoms with Crippen molar-refractivity contribution >= 4 is 51.1 Å². The summed E-state index contributed by atoms with van der Waals surface area (Å²) in [7, 11) is 0. The minimum absolute atomic E-state index is 0.0105. The fourth-order valence-corrected chi connectivity index (χ4v) is 7.97. The van der Waals surface area contributed by atoms with E-state index in [9.17, 15) is 5.11 Å². The molecule has 0 atom stereocenters. The molecule has 0 radical (unpaired) electrons. The molecule has 9 rings (SSSR count). The summed E-state index contributed by atoms with van der Waals surface area (Å²) >= 11 is 0. The Bertz CT molecular complexity index is 2850. The highest BCUT2D eigenvalue weighted by Gasteiger charge is 2.18. The lowest BCUT2D eigenvalue weighted by Gasteiger charge is -2.28. The molecule has 0 bridgehead atoms. The normalized spacial score (nSPS) is 11.0. The molecule has 0 spiro atoms. The molecule has 0 aliphatic heterocycles. The molecule has 0 aliphatic carbocycles. The van der Waals surface area contributed by atoms with Gasteiger partial charge in [-0.05, 0) is 109 Å². The number of hydrogen-bond acceptors (Lipinski definition) is 2. The van der Waals surface area contributed by atoms with Gasteiger partial charge in [0.15, 0.2) is 0 Å². The summed E-state index contributed by atoms with van der Waals surface area (Å²) in [4.78, 5) is 2.32. The highest BCUT2D eigenvalue weighted by Crippen LogP contribution is 2.42. The van der Waals surface area contributed by atoms with Crippen molar-refractivity contribution in [1.82, 2.24) is 0 Å². The standard InChI is InChI=1S/C59H45NO/c61-43-45-31-37-54(38-32-45)60(53-35-29-44(30-36-53)17-16-28-55(47-20-8-2-9-21-47)48-22-10-3-11-23-48)59-40-34-52(58-41-51(33-39-56(58)59)46-18-6-1-7-19-46)42-57(49-24-12-4-13-25-49)50-26-14-5-15-27-50/h1-42,61H,43H2. The molecule has 0 aromatic heterocycles. The van der Waals surface area contributed by atoms with Crippen molar-refractivity contribution in [3.63, 3.8) is 0 Å². The van der Waals surface area contributed by atoms with E-state index < -0.39 is 0 Å². The van der Waals surface area contributed by atoms with E-state index in [0.717, 1.165) is 66.8 Å². The topological polar surface area (TPSA) is 23.5 Å². The van der Waals surface area contributed by atoms with Gasteiger partial charge in [0, 0.05) is 16.8 Å². The Morgan fingerprint density at radius 1 is 0.426 bits per heavy atom. The fourth-order valence-electron chi connectivity index (χ4n) is 7.97. The van der Waals surface area contributed by atoms with Crippen LogP contribution in [0.4, 0.5) is 17.1 Å². The number of rotatable bonds is 12. The van der Waals surface area contributed by atoms with Gasteiger partial charge in [-0.2, -0.15) is 0 Å². The molecule has 0 amide bonds. The molecule has 0 fully saturated rings. The summed E-state index contributed by atoms with van der Waals surface area (Å²) < 4.78 is 0. The van der Waals surface area contributed by atoms with Gasteiger partial charge in [-0.25, -0.2) is 0 Å². The summed E-state index contributed by atoms with van der Waals surface area (Å²) in [6.07, 6.45) is 8.83. The maximum absolute atomic E-state index is 9.97. The van der Waals surface area contributed by atoms with Gasteiger partial charge in [0.25, 0.3) is 0 Å². The fraction of sp³-hybridized carbons (Fsp3) is 0.0169. The Hall–Kier alpha value is -7.78. The second-order valence-electron chi connectivity index (χ2n) is 15.0. The number of hydrogen-bond donors (Lipinski definition) is 1. The zero-order valence-electron chi connectivity index (χ0n) is 33.9. The van der Waals surface area contributed by atoms with Crippen molar-refractivity contribution < 1.29 is 5.11 Å². The van der Waals surface area contributed by atoms with E-state index in [1.54, 1.807) is 0 Å². The Morgan fingerprint density at radius 2 is 0.918 bits per heavy atom. The van der Waals surface area contributed by atoms with Gasteiger partial charge in [-0.3, -0.25) is 0 Å². The number of anilines is 3. The van der Waals surface area contributed by atoms with Crippen molar-refractivity contribution in [3.8, 4) is 11.1 Å². The van der Waals surface area contributed by atoms with Crippen LogP contribution in [-0.2, 0) is 6.61 Å². The molecule has 0 aliphatic rings. The molecule has 9 aromatic rings. The molecule has 0 unspecified atom stereocenters. The predicted molar refractivity (Wildman–Crippen MR) is 259 cm³/mol. The Labute approximate surface area is 359 Å². The maximum atomic E-state index is 9.97. The monoisotopic (exact) mass is 783 g/mol. The van der Waals surface area contributed by atoms with Crippen molar-refractivity contribution in [3.05, 3.63) is 282 Å². The molecular formula is C59H45NO. The van der Waals surface area contributed by atoms with Gasteiger partial charge < -0.3 is 10.0 Å². The third-order valence-corrected chi connectivity index (χ3v) is 11.1. The first kappa shape index (κ1) is 38.7. The van der Waals surface area contributed by atoms with Crippen LogP contribution in [0, 0.1) is 0 Å². The molecule has 1 N–H and O–H groups in total. The lowest BCUT2D eigenvalue weighted by molar-refractivity contribution is 0.282. The van der Waals surface area contributed by atoms with Crippen molar-refractivity contribution in [2.75, 3.05) is 4.90 Å². The minimum atomic E-state index is -0.0105. The van der Waals surface area contributed by atoms with E-state index in [-0.39, 0.29) is 6.61 Å². The first-order valence-electron chi connectivity index (χ1n) is 20.8. The minimum Gasteiger partial charge on any atom is -0.392 e. The van der Waals surface area contributed by atoms with Crippen LogP contribution < -0.4 is 4.90 Å². The Kier molecular flexibility index (Phi) is 11.7. The smallest absolute Gasteiger partial charge is 0.0681 e. The van der Waals surface area contributed by atoms with Crippen LogP contribution >= 0.6 is 0 Å². The van der Waals surface area contributed by atoms with Gasteiger partial charge in [0.05, 0.1) is 12.3 Å². The molecule has 292 valence electrons. The zero-order valence-corrected chi connectivity index (χ0v) is 33.9. The van der Waals surface area contributed by atoms with Crippen LogP contribution in [0.3, 0.4) is 0 Å². The van der Waals surface area contributed by atoms with Crippen LogP contribution in [0.25, 0.3) is 45.2 Å². The Morgan fingerprint density at radius 3 is 1.44 bits per heavy atom. The molecule has 0 saturated carbocycles. The second kappa shape index (κ2) is 18.4. The third kappa shape index (κ3) is 8.82. The molecule has 0 saturated heterocycles. The first-order valence-corrected chi connectivity index (χ1v) is 20.8. The van der Waals surface area contributed by atoms with Gasteiger partial charge >= 0.3 is 0 Å². The average molecular weight is 784 g/mol. The highest BCUT2D eigenvalue weighted by molar-refractivity contribution is 6.07. The second-order valence-corrected chi connectivity index (χ2v) is 15.0. The first-order chi connectivity index (χ1) is 30.2. The van der Waals surface area contributed by atoms with Crippen LogP contribution in [0.1, 0.15) is 38.9 Å². The van der Waals surface area contributed by atoms with Crippen LogP contribution in [0.5, 0.6) is 0 Å². The molecule has 2 heteroatoms. The van der Waals surface area contributed by atoms with E-state index >= 15 is 0 Å². The van der Waals surface area contributed by atoms with E-state index in [4.69, 9.17) is 0 Å². The van der Waals surface area contributed by atoms with Crippen LogP contribution in [0.15, 0.2) is 243 Å². The number of aliphatic hydroxyl groups excluding tert-OH is 1. The average Bonchev–Trinajstić information content (AvgIpc) is 3.34. The zero-order chi connectivity index (χ0) is 41.2. The van der Waals surface area contributed by atoms with Crippen molar-refractivity contribution in [2.24, 2.45) is 0 Å². The van der Waals surface area contributed by atoms with E-state index in [2.05, 4.69) is 248 Å². The van der Waals surface area contributed by atoms with E-state index in [1.165, 1.54) is 22.3 Å². The predicted octanol–water partition coefficient (Wildman–Crippen LogP) is 15.2. The molecule has 9 aromatic carbocycles. The number of allylic oxidation sites excluding steroid dienone is 2. The lowest BCUT2D eigenvalue weighted by Crippen LogP contribution is -2.11. The number of nitrogens with zero attached hydrogens (tertiary/aromatic N) is 1. The highest BCUT2D eigenvalue weighted by atomic mass is 16.3. The van der Waals surface area contributed by atoms with Gasteiger partial charge in [-0.1, -0.05) is 212 Å². The largest absolute Gasteiger partial charge is 0.392 e. The molecule has 2 nitrogen and oxygen atoms in total. The third-order valence-electron chi connectivity index (χ3n) is 11.1. The number of aliphatic hydroxyl groups is 1. The number of benzene rings is 9. The molecular weight excluding hydrogens is 739 g/mol. The summed E-state index contributed by atoms with van der Waals surface area (Å²) in [5.74, 6) is 0. The number of fused-ring (bicyclic) bond motifs is 1. The maximum Gasteiger partial charge on any atom is 0.0681 e. The van der Waals surface area contributed by atoms with Gasteiger partial charge in [-0.15, -0.1) is 0 Å². The SMILES string of the molecule is OCc1ccc(N(c2ccc(C=CC=C(c3ccccc3)c3ccccc3)cc2)c2ccc(C=C(c3ccccc3)c3ccccc3)c3cc(-c4ccccc4)ccc23)cc1. The summed E-state index contributed by atoms with van der Waals surface area (Å²) in [6, 6.07) is 81.2. The summed E-state index contributed by atoms with van der Waals surface area (Å²) in [5.41, 5.74) is 15.6. The summed E-state index contributed by atoms with van der Waals surface area (Å²) in [5, 5.41) is 12.2. The molecule has 61 heavy (non-hydrogen) atoms. The van der Waals surface area contributed by atoms with E-state index in [1.807, 2.05) is 12.1 Å². The van der Waals surface area contributed by atoms with Crippen LogP contribution in [-0.4, -0.2) is 5.11 Å². The lowest BCUT2D eigenvalue weighted by atomic mass is 9.92. The van der Waals surface area contributed by atoms with E-state index in [0.29, 0.717) is 0 Å². The summed E-state index contributed by atoms with van der Waals surface area (Å²) in [6.45, 7) is -0.0105. The van der Waals surface area contributed by atoms with Gasteiger partial charge in [0.1, 0.15) is 0 Å². The quantitative estimate of drug-likeness (QED) is 0.0985. The van der Waals surface area contributed by atoms with Crippen LogP contribution in [0.2, 0.25) is 0 Å². The van der Waals surface area contributed by atoms with Gasteiger partial charge in [0.2, 0.25) is 0 Å². The van der Waals surface area contributed by atoms with Crippen molar-refractivity contribution in [1.29, 1.82) is 0 Å². The molecule has 0 heterocycles.